The lowest BCUT2D eigenvalue weighted by Gasteiger charge is -1.99. The number of Topliss-reactive ketones (excluding diaryl/α,β-unsaturated/α-hetero) is 2. The molecule has 44 heavy (non-hydrogen) atoms. The van der Waals surface area contributed by atoms with Crippen LogP contribution in [-0.4, -0.2) is 33.6 Å². The number of rotatable bonds is 11. The Hall–Kier alpha value is -4.58. The van der Waals surface area contributed by atoms with Crippen molar-refractivity contribution in [2.45, 2.75) is 40.3 Å². The lowest BCUT2D eigenvalue weighted by molar-refractivity contribution is -0.702. The van der Waals surface area contributed by atoms with Crippen LogP contribution in [0.2, 0.25) is 0 Å². The highest BCUT2D eigenvalue weighted by atomic mass is 32.1. The van der Waals surface area contributed by atoms with Crippen molar-refractivity contribution >= 4 is 34.2 Å². The third-order valence-corrected chi connectivity index (χ3v) is 10.2. The van der Waals surface area contributed by atoms with Crippen LogP contribution in [0.3, 0.4) is 0 Å². The lowest BCUT2D eigenvalue weighted by Crippen LogP contribution is -2.46. The highest BCUT2D eigenvalue weighted by Gasteiger charge is 2.37. The maximum absolute atomic E-state index is 13.5. The van der Waals surface area contributed by atoms with E-state index in [-0.39, 0.29) is 42.8 Å². The molecule has 222 valence electrons. The standard InChI is InChI=1S/C33H30N4O5S2/c1-20-22(3)43-32(36(20)18-27(39)29-16-25(34-41-29)23-10-6-4-7-11-23)33-37(21(2)31(44-33)14-15-38)19-28(40)30-17-26(35-42-30)24-12-8-5-9-13-24/h4-13,16-17,38H,14-15,18-19H2,1-3H3/q+2. The quantitative estimate of drug-likeness (QED) is 0.147. The summed E-state index contributed by atoms with van der Waals surface area (Å²) in [6, 6.07) is 22.4. The third kappa shape index (κ3) is 5.81. The number of nitrogens with zero attached hydrogens (tertiary/aromatic N) is 4. The zero-order chi connectivity index (χ0) is 30.8. The number of aliphatic hydroxyl groups is 1. The van der Waals surface area contributed by atoms with Gasteiger partial charge in [-0.3, -0.25) is 9.59 Å². The average molecular weight is 627 g/mol. The fraction of sp³-hybridized carbons (Fsp3) is 0.212. The summed E-state index contributed by atoms with van der Waals surface area (Å²) >= 11 is 3.07. The fourth-order valence-electron chi connectivity index (χ4n) is 4.94. The van der Waals surface area contributed by atoms with E-state index in [9.17, 15) is 14.7 Å². The van der Waals surface area contributed by atoms with Gasteiger partial charge in [-0.15, -0.1) is 0 Å². The monoisotopic (exact) mass is 626 g/mol. The van der Waals surface area contributed by atoms with Crippen molar-refractivity contribution in [1.82, 2.24) is 10.3 Å². The summed E-state index contributed by atoms with van der Waals surface area (Å²) in [6.07, 6.45) is 0.452. The molecule has 0 radical (unpaired) electrons. The minimum Gasteiger partial charge on any atom is -0.396 e. The molecule has 0 bridgehead atoms. The highest BCUT2D eigenvalue weighted by molar-refractivity contribution is 7.21. The van der Waals surface area contributed by atoms with Crippen LogP contribution in [0.4, 0.5) is 0 Å². The van der Waals surface area contributed by atoms with E-state index >= 15 is 0 Å². The van der Waals surface area contributed by atoms with Crippen molar-refractivity contribution < 1.29 is 32.9 Å². The second-order valence-electron chi connectivity index (χ2n) is 10.3. The second kappa shape index (κ2) is 12.6. The molecule has 0 aliphatic rings. The highest BCUT2D eigenvalue weighted by Crippen LogP contribution is 2.31. The third-order valence-electron chi connectivity index (χ3n) is 7.52. The van der Waals surface area contributed by atoms with Gasteiger partial charge in [-0.1, -0.05) is 93.7 Å². The van der Waals surface area contributed by atoms with Crippen LogP contribution >= 0.6 is 22.7 Å². The molecular formula is C33H30N4O5S2+2. The number of aromatic nitrogens is 4. The SMILES string of the molecule is Cc1sc(-c2sc(CCO)c(C)[n+]2CC(=O)c2cc(-c3ccccc3)no2)[n+](CC(=O)c2cc(-c3ccccc3)no2)c1C. The van der Waals surface area contributed by atoms with Gasteiger partial charge in [0.1, 0.15) is 11.4 Å². The maximum atomic E-state index is 13.5. The molecule has 0 unspecified atom stereocenters. The number of aliphatic hydroxyl groups excluding tert-OH is 1. The molecule has 0 fully saturated rings. The molecule has 0 saturated carbocycles. The predicted octanol–water partition coefficient (Wildman–Crippen LogP) is 5.59. The van der Waals surface area contributed by atoms with E-state index < -0.39 is 0 Å². The van der Waals surface area contributed by atoms with Crippen LogP contribution in [0.1, 0.15) is 42.3 Å². The van der Waals surface area contributed by atoms with E-state index in [0.29, 0.717) is 17.8 Å². The van der Waals surface area contributed by atoms with Crippen LogP contribution in [-0.2, 0) is 19.5 Å². The molecule has 6 rings (SSSR count). The summed E-state index contributed by atoms with van der Waals surface area (Å²) in [5, 5.41) is 19.6. The number of ketones is 2. The van der Waals surface area contributed by atoms with Gasteiger partial charge in [-0.2, -0.15) is 9.13 Å². The lowest BCUT2D eigenvalue weighted by atomic mass is 10.1. The van der Waals surface area contributed by atoms with E-state index in [1.165, 1.54) is 11.3 Å². The summed E-state index contributed by atoms with van der Waals surface area (Å²) in [5.74, 6) is -0.104. The Morgan fingerprint density at radius 2 is 1.20 bits per heavy atom. The average Bonchev–Trinajstić information content (AvgIpc) is 3.84. The van der Waals surface area contributed by atoms with E-state index in [1.807, 2.05) is 90.6 Å². The molecule has 4 heterocycles. The Labute approximate surface area is 261 Å². The zero-order valence-corrected chi connectivity index (χ0v) is 26.1. The molecule has 0 saturated heterocycles. The smallest absolute Gasteiger partial charge is 0.346 e. The van der Waals surface area contributed by atoms with Crippen molar-refractivity contribution in [3.63, 3.8) is 0 Å². The van der Waals surface area contributed by atoms with Gasteiger partial charge in [-0.25, -0.2) is 0 Å². The number of thiazole rings is 2. The van der Waals surface area contributed by atoms with Gasteiger partial charge >= 0.3 is 10.0 Å². The van der Waals surface area contributed by atoms with Crippen LogP contribution in [0, 0.1) is 20.8 Å². The van der Waals surface area contributed by atoms with E-state index in [0.717, 1.165) is 42.3 Å². The molecule has 2 aromatic carbocycles. The van der Waals surface area contributed by atoms with E-state index in [2.05, 4.69) is 10.3 Å². The van der Waals surface area contributed by atoms with Gasteiger partial charge in [0.25, 0.3) is 11.6 Å². The van der Waals surface area contributed by atoms with Gasteiger partial charge in [0.15, 0.2) is 11.4 Å². The zero-order valence-electron chi connectivity index (χ0n) is 24.4. The van der Waals surface area contributed by atoms with E-state index in [1.54, 1.807) is 23.5 Å². The van der Waals surface area contributed by atoms with Gasteiger partial charge in [0, 0.05) is 50.1 Å². The normalized spacial score (nSPS) is 11.3. The van der Waals surface area contributed by atoms with Crippen LogP contribution < -0.4 is 9.13 Å². The number of carbonyl (C=O) groups is 2. The number of hydrogen-bond acceptors (Lipinski definition) is 9. The van der Waals surface area contributed by atoms with Crippen molar-refractivity contribution in [2.75, 3.05) is 6.61 Å². The Morgan fingerprint density at radius 3 is 1.70 bits per heavy atom. The summed E-state index contributed by atoms with van der Waals surface area (Å²) in [7, 11) is 0. The molecule has 0 spiro atoms. The Bertz CT molecular complexity index is 1950. The van der Waals surface area contributed by atoms with Crippen molar-refractivity contribution in [3.05, 3.63) is 105 Å². The van der Waals surface area contributed by atoms with Crippen LogP contribution in [0.5, 0.6) is 0 Å². The first-order valence-corrected chi connectivity index (χ1v) is 15.7. The molecule has 0 atom stereocenters. The number of carbonyl (C=O) groups excluding carboxylic acids is 2. The molecule has 0 aliphatic heterocycles. The second-order valence-corrected chi connectivity index (χ2v) is 12.6. The van der Waals surface area contributed by atoms with Crippen molar-refractivity contribution in [3.8, 4) is 32.5 Å². The molecule has 4 aromatic heterocycles. The predicted molar refractivity (Wildman–Crippen MR) is 166 cm³/mol. The van der Waals surface area contributed by atoms with Crippen molar-refractivity contribution in [2.24, 2.45) is 0 Å². The van der Waals surface area contributed by atoms with Gasteiger partial charge in [0.05, 0.1) is 9.75 Å². The molecule has 1 N–H and O–H groups in total. The van der Waals surface area contributed by atoms with Gasteiger partial charge in [0.2, 0.25) is 24.6 Å². The van der Waals surface area contributed by atoms with Crippen LogP contribution in [0.25, 0.3) is 32.5 Å². The van der Waals surface area contributed by atoms with Gasteiger partial charge < -0.3 is 14.2 Å². The topological polar surface area (TPSA) is 114 Å². The largest absolute Gasteiger partial charge is 0.396 e. The Kier molecular flexibility index (Phi) is 8.42. The molecule has 0 aliphatic carbocycles. The number of benzene rings is 2. The summed E-state index contributed by atoms with van der Waals surface area (Å²) < 4.78 is 14.8. The number of hydrogen-bond donors (Lipinski definition) is 1. The number of aryl methyl sites for hydroxylation is 1. The first-order chi connectivity index (χ1) is 21.3. The van der Waals surface area contributed by atoms with Gasteiger partial charge in [-0.05, 0) is 6.92 Å². The Balaban J connectivity index is 1.32. The van der Waals surface area contributed by atoms with Crippen LogP contribution in [0.15, 0.2) is 81.8 Å². The minimum absolute atomic E-state index is 0.0129. The summed E-state index contributed by atoms with van der Waals surface area (Å²) in [6.45, 7) is 5.96. The first-order valence-electron chi connectivity index (χ1n) is 14.1. The summed E-state index contributed by atoms with van der Waals surface area (Å²) in [5.41, 5.74) is 4.73. The first kappa shape index (κ1) is 29.5. The maximum Gasteiger partial charge on any atom is 0.346 e. The Morgan fingerprint density at radius 1 is 0.727 bits per heavy atom. The molecule has 0 amide bonds. The molecule has 11 heteroatoms. The summed E-state index contributed by atoms with van der Waals surface area (Å²) in [4.78, 5) is 29.0. The minimum atomic E-state index is -0.231. The molecule has 9 nitrogen and oxygen atoms in total. The fourth-order valence-corrected chi connectivity index (χ4v) is 7.44. The van der Waals surface area contributed by atoms with Crippen molar-refractivity contribution in [1.29, 1.82) is 0 Å². The molecular weight excluding hydrogens is 597 g/mol. The molecule has 6 aromatic rings. The van der Waals surface area contributed by atoms with E-state index in [4.69, 9.17) is 9.05 Å².